The Kier molecular flexibility index (Phi) is 2.93. The van der Waals surface area contributed by atoms with Gasteiger partial charge in [0.1, 0.15) is 10.5 Å². The van der Waals surface area contributed by atoms with Crippen LogP contribution in [0.4, 0.5) is 0 Å². The number of nitrogens with one attached hydrogen (secondary N) is 1. The van der Waals surface area contributed by atoms with Gasteiger partial charge in [0, 0.05) is 11.1 Å². The van der Waals surface area contributed by atoms with Gasteiger partial charge in [-0.25, -0.2) is 4.98 Å². The number of nitrogens with zero attached hydrogens (tertiary/aromatic N) is 1. The lowest BCUT2D eigenvalue weighted by Crippen LogP contribution is -2.48. The van der Waals surface area contributed by atoms with E-state index in [1.54, 1.807) is 11.3 Å². The van der Waals surface area contributed by atoms with E-state index >= 15 is 0 Å². The summed E-state index contributed by atoms with van der Waals surface area (Å²) in [6.07, 6.45) is 0. The minimum atomic E-state index is -0.298. The van der Waals surface area contributed by atoms with Gasteiger partial charge in [-0.2, -0.15) is 0 Å². The molecule has 0 radical (unpaired) electrons. The highest BCUT2D eigenvalue weighted by Gasteiger charge is 2.40. The molecule has 1 aromatic carbocycles. The number of likely N-dealkylation sites (N-methyl/N-ethyl adjacent to an activating group) is 1. The van der Waals surface area contributed by atoms with Crippen LogP contribution in [0, 0.1) is 6.92 Å². The van der Waals surface area contributed by atoms with E-state index in [2.05, 4.69) is 39.9 Å². The summed E-state index contributed by atoms with van der Waals surface area (Å²) in [6, 6.07) is 8.43. The van der Waals surface area contributed by atoms with Crippen LogP contribution >= 0.6 is 11.3 Å². The summed E-state index contributed by atoms with van der Waals surface area (Å²) in [5, 5.41) is 6.59. The van der Waals surface area contributed by atoms with E-state index < -0.39 is 0 Å². The molecule has 0 saturated carbocycles. The van der Waals surface area contributed by atoms with Crippen LogP contribution in [0.25, 0.3) is 0 Å². The molecular formula is C14H16N2OS. The molecule has 0 fully saturated rings. The van der Waals surface area contributed by atoms with Crippen LogP contribution in [-0.2, 0) is 16.9 Å². The van der Waals surface area contributed by atoms with E-state index in [0.717, 1.165) is 10.7 Å². The number of hydrogen-bond donors (Lipinski definition) is 1. The summed E-state index contributed by atoms with van der Waals surface area (Å²) in [5.74, 6) is 0. The fourth-order valence-electron chi connectivity index (χ4n) is 2.50. The Bertz CT molecular complexity index is 566. The molecule has 94 valence electrons. The zero-order valence-corrected chi connectivity index (χ0v) is 11.4. The number of ether oxygens (including phenoxy) is 1. The lowest BCUT2D eigenvalue weighted by molar-refractivity contribution is 0.0554. The zero-order valence-electron chi connectivity index (χ0n) is 10.6. The van der Waals surface area contributed by atoms with Crippen molar-refractivity contribution in [2.75, 3.05) is 13.7 Å². The average molecular weight is 260 g/mol. The average Bonchev–Trinajstić information content (AvgIpc) is 2.85. The minimum absolute atomic E-state index is 0.298. The van der Waals surface area contributed by atoms with E-state index in [9.17, 15) is 0 Å². The molecule has 0 bridgehead atoms. The van der Waals surface area contributed by atoms with Gasteiger partial charge in [0.2, 0.25) is 0 Å². The van der Waals surface area contributed by atoms with E-state index in [0.29, 0.717) is 13.2 Å². The third kappa shape index (κ3) is 1.68. The second kappa shape index (κ2) is 4.46. The molecule has 1 aromatic heterocycles. The first-order valence-corrected chi connectivity index (χ1v) is 6.92. The fraction of sp³-hybridized carbons (Fsp3) is 0.357. The molecule has 3 nitrogen and oxygen atoms in total. The van der Waals surface area contributed by atoms with Gasteiger partial charge in [-0.05, 0) is 25.1 Å². The van der Waals surface area contributed by atoms with Gasteiger partial charge in [0.15, 0.2) is 0 Å². The highest BCUT2D eigenvalue weighted by Crippen LogP contribution is 2.37. The van der Waals surface area contributed by atoms with Gasteiger partial charge in [0.25, 0.3) is 0 Å². The van der Waals surface area contributed by atoms with E-state index in [1.807, 2.05) is 14.0 Å². The molecule has 2 heterocycles. The molecule has 0 amide bonds. The summed E-state index contributed by atoms with van der Waals surface area (Å²) >= 11 is 1.69. The number of rotatable bonds is 2. The van der Waals surface area contributed by atoms with E-state index in [-0.39, 0.29) is 5.54 Å². The van der Waals surface area contributed by atoms with Crippen LogP contribution in [0.15, 0.2) is 29.6 Å². The van der Waals surface area contributed by atoms with Gasteiger partial charge < -0.3 is 10.1 Å². The van der Waals surface area contributed by atoms with Gasteiger partial charge in [-0.15, -0.1) is 11.3 Å². The summed E-state index contributed by atoms with van der Waals surface area (Å²) in [7, 11) is 1.97. The summed E-state index contributed by atoms with van der Waals surface area (Å²) in [5.41, 5.74) is 3.29. The molecule has 1 unspecified atom stereocenters. The number of aromatic nitrogens is 1. The Balaban J connectivity index is 2.18. The third-order valence-electron chi connectivity index (χ3n) is 3.46. The van der Waals surface area contributed by atoms with Crippen LogP contribution in [0.1, 0.15) is 21.8 Å². The molecule has 2 aromatic rings. The van der Waals surface area contributed by atoms with Crippen LogP contribution in [0.5, 0.6) is 0 Å². The van der Waals surface area contributed by atoms with Crippen molar-refractivity contribution >= 4 is 11.3 Å². The van der Waals surface area contributed by atoms with Crippen molar-refractivity contribution in [3.05, 3.63) is 51.5 Å². The van der Waals surface area contributed by atoms with Gasteiger partial charge in [0.05, 0.1) is 13.2 Å². The first-order chi connectivity index (χ1) is 8.76. The summed E-state index contributed by atoms with van der Waals surface area (Å²) in [4.78, 5) is 4.65. The van der Waals surface area contributed by atoms with Crippen LogP contribution in [0.3, 0.4) is 0 Å². The Morgan fingerprint density at radius 2 is 2.22 bits per heavy atom. The summed E-state index contributed by atoms with van der Waals surface area (Å²) < 4.78 is 5.77. The second-order valence-corrected chi connectivity index (χ2v) is 5.46. The molecule has 0 saturated heterocycles. The molecule has 0 aliphatic carbocycles. The predicted octanol–water partition coefficient (Wildman–Crippen LogP) is 2.44. The first kappa shape index (κ1) is 11.8. The maximum absolute atomic E-state index is 5.77. The number of thiazole rings is 1. The van der Waals surface area contributed by atoms with Crippen LogP contribution in [0.2, 0.25) is 0 Å². The van der Waals surface area contributed by atoms with Crippen molar-refractivity contribution in [2.45, 2.75) is 19.1 Å². The number of fused-ring (bicyclic) bond motifs is 1. The van der Waals surface area contributed by atoms with Gasteiger partial charge >= 0.3 is 0 Å². The first-order valence-electron chi connectivity index (χ1n) is 6.04. The van der Waals surface area contributed by atoms with Crippen LogP contribution < -0.4 is 5.32 Å². The van der Waals surface area contributed by atoms with Gasteiger partial charge in [-0.1, -0.05) is 24.3 Å². The quantitative estimate of drug-likeness (QED) is 0.900. The Morgan fingerprint density at radius 1 is 1.39 bits per heavy atom. The Labute approximate surface area is 111 Å². The topological polar surface area (TPSA) is 34.2 Å². The van der Waals surface area contributed by atoms with Crippen molar-refractivity contribution in [1.29, 1.82) is 0 Å². The third-order valence-corrected chi connectivity index (χ3v) is 4.59. The van der Waals surface area contributed by atoms with E-state index in [1.165, 1.54) is 11.1 Å². The summed E-state index contributed by atoms with van der Waals surface area (Å²) in [6.45, 7) is 3.34. The van der Waals surface area contributed by atoms with Crippen molar-refractivity contribution < 1.29 is 4.74 Å². The predicted molar refractivity (Wildman–Crippen MR) is 72.8 cm³/mol. The normalized spacial score (nSPS) is 22.8. The maximum Gasteiger partial charge on any atom is 0.120 e. The second-order valence-electron chi connectivity index (χ2n) is 4.60. The molecule has 18 heavy (non-hydrogen) atoms. The maximum atomic E-state index is 5.77. The molecule has 1 aliphatic heterocycles. The number of aryl methyl sites for hydroxylation is 1. The Hall–Kier alpha value is -1.23. The minimum Gasteiger partial charge on any atom is -0.374 e. The largest absolute Gasteiger partial charge is 0.374 e. The SMILES string of the molecule is CNC1(c2nc(C)cs2)COCc2ccccc21. The molecule has 1 N–H and O–H groups in total. The number of benzene rings is 1. The highest BCUT2D eigenvalue weighted by atomic mass is 32.1. The van der Waals surface area contributed by atoms with Gasteiger partial charge in [-0.3, -0.25) is 0 Å². The van der Waals surface area contributed by atoms with Crippen molar-refractivity contribution in [3.63, 3.8) is 0 Å². The monoisotopic (exact) mass is 260 g/mol. The van der Waals surface area contributed by atoms with Crippen molar-refractivity contribution in [3.8, 4) is 0 Å². The van der Waals surface area contributed by atoms with Crippen molar-refractivity contribution in [2.24, 2.45) is 0 Å². The highest BCUT2D eigenvalue weighted by molar-refractivity contribution is 7.09. The zero-order chi connectivity index (χ0) is 12.6. The van der Waals surface area contributed by atoms with Crippen molar-refractivity contribution in [1.82, 2.24) is 10.3 Å². The molecule has 3 rings (SSSR count). The lowest BCUT2D eigenvalue weighted by Gasteiger charge is -2.37. The molecule has 1 aliphatic rings. The standard InChI is InChI=1S/C14H16N2OS/c1-10-8-18-13(16-10)14(15-2)9-17-7-11-5-3-4-6-12(11)14/h3-6,8,15H,7,9H2,1-2H3. The molecule has 0 spiro atoms. The fourth-order valence-corrected chi connectivity index (χ4v) is 3.50. The van der Waals surface area contributed by atoms with E-state index in [4.69, 9.17) is 4.74 Å². The smallest absolute Gasteiger partial charge is 0.120 e. The molecular weight excluding hydrogens is 244 g/mol. The number of hydrogen-bond acceptors (Lipinski definition) is 4. The lowest BCUT2D eigenvalue weighted by atomic mass is 9.86. The Morgan fingerprint density at radius 3 is 2.94 bits per heavy atom. The van der Waals surface area contributed by atoms with Crippen LogP contribution in [-0.4, -0.2) is 18.6 Å². The molecule has 1 atom stereocenters. The molecule has 4 heteroatoms.